The van der Waals surface area contributed by atoms with E-state index in [1.54, 1.807) is 12.4 Å². The highest BCUT2D eigenvalue weighted by Gasteiger charge is 2.36. The number of rotatable bonds is 11. The molecule has 0 bridgehead atoms. The summed E-state index contributed by atoms with van der Waals surface area (Å²) in [4.78, 5) is 24.3. The van der Waals surface area contributed by atoms with Gasteiger partial charge in [0.05, 0.1) is 36.4 Å². The zero-order valence-corrected chi connectivity index (χ0v) is 26.1. The van der Waals surface area contributed by atoms with Crippen molar-refractivity contribution in [1.82, 2.24) is 9.97 Å². The normalized spacial score (nSPS) is 15.7. The highest BCUT2D eigenvalue weighted by molar-refractivity contribution is 5.85. The summed E-state index contributed by atoms with van der Waals surface area (Å²) in [5.74, 6) is 0.503. The zero-order valence-electron chi connectivity index (χ0n) is 26.1. The maximum Gasteiger partial charge on any atom is 0.337 e. The van der Waals surface area contributed by atoms with Crippen LogP contribution in [-0.2, 0) is 16.0 Å². The molecular formula is C34H45N3O5. The van der Waals surface area contributed by atoms with Crippen molar-refractivity contribution in [1.29, 1.82) is 0 Å². The number of benzene rings is 1. The van der Waals surface area contributed by atoms with E-state index in [2.05, 4.69) is 35.9 Å². The molecule has 1 unspecified atom stereocenters. The lowest BCUT2D eigenvalue weighted by Crippen LogP contribution is -2.39. The average molecular weight is 576 g/mol. The molecule has 1 fully saturated rings. The molecule has 1 aromatic carbocycles. The quantitative estimate of drug-likeness (QED) is 0.260. The Morgan fingerprint density at radius 2 is 1.67 bits per heavy atom. The summed E-state index contributed by atoms with van der Waals surface area (Å²) in [6.45, 7) is 16.8. The Labute approximate surface area is 250 Å². The number of piperidine rings is 1. The third kappa shape index (κ3) is 8.00. The van der Waals surface area contributed by atoms with Gasteiger partial charge in [0, 0.05) is 42.5 Å². The molecule has 1 N–H and O–H groups in total. The Morgan fingerprint density at radius 3 is 2.24 bits per heavy atom. The first kappa shape index (κ1) is 31.3. The minimum Gasteiger partial charge on any atom is -0.494 e. The Morgan fingerprint density at radius 1 is 1.00 bits per heavy atom. The topological polar surface area (TPSA) is 94.0 Å². The molecule has 3 heterocycles. The van der Waals surface area contributed by atoms with Gasteiger partial charge in [-0.2, -0.15) is 0 Å². The van der Waals surface area contributed by atoms with Crippen LogP contribution in [0.15, 0.2) is 48.8 Å². The summed E-state index contributed by atoms with van der Waals surface area (Å²) in [5, 5.41) is 10.3. The van der Waals surface area contributed by atoms with Crippen molar-refractivity contribution in [2.24, 2.45) is 5.41 Å². The number of nitrogens with zero attached hydrogens (tertiary/aromatic N) is 3. The van der Waals surface area contributed by atoms with Gasteiger partial charge in [0.2, 0.25) is 0 Å². The number of aromatic nitrogens is 2. The first-order valence-electron chi connectivity index (χ1n) is 14.8. The number of hydrogen-bond donors (Lipinski definition) is 1. The standard InChI is InChI=1S/C34H45N3O5/c1-8-40-25-11-9-24(10-12-25)15-20-41-26-13-14-28(36-21-26)27-22-35-23(2)29(31(32(38)39)42-33(3,4)5)30(27)37-18-16-34(6,7)17-19-37/h9-14,21-22,31H,8,15-20H2,1-7H3,(H,38,39). The molecule has 2 aromatic heterocycles. The van der Waals surface area contributed by atoms with Crippen molar-refractivity contribution in [3.63, 3.8) is 0 Å². The molecular weight excluding hydrogens is 530 g/mol. The van der Waals surface area contributed by atoms with E-state index in [0.29, 0.717) is 35.9 Å². The Balaban J connectivity index is 1.62. The number of anilines is 1. The van der Waals surface area contributed by atoms with Gasteiger partial charge in [-0.05, 0) is 82.7 Å². The van der Waals surface area contributed by atoms with Crippen molar-refractivity contribution in [2.45, 2.75) is 79.4 Å². The summed E-state index contributed by atoms with van der Waals surface area (Å²) in [6.07, 6.45) is 5.13. The average Bonchev–Trinajstić information content (AvgIpc) is 2.93. The number of carboxylic acid groups (broad SMARTS) is 1. The molecule has 0 aliphatic carbocycles. The molecule has 42 heavy (non-hydrogen) atoms. The van der Waals surface area contributed by atoms with Gasteiger partial charge in [0.25, 0.3) is 0 Å². The van der Waals surface area contributed by atoms with Gasteiger partial charge in [-0.3, -0.25) is 9.97 Å². The molecule has 1 aliphatic heterocycles. The van der Waals surface area contributed by atoms with E-state index in [-0.39, 0.29) is 5.41 Å². The predicted molar refractivity (Wildman–Crippen MR) is 165 cm³/mol. The minimum atomic E-state index is -1.16. The smallest absolute Gasteiger partial charge is 0.337 e. The monoisotopic (exact) mass is 575 g/mol. The Kier molecular flexibility index (Phi) is 9.77. The molecule has 0 radical (unpaired) electrons. The lowest BCUT2D eigenvalue weighted by atomic mass is 9.82. The highest BCUT2D eigenvalue weighted by Crippen LogP contribution is 2.43. The van der Waals surface area contributed by atoms with Crippen LogP contribution >= 0.6 is 0 Å². The SMILES string of the molecule is CCOc1ccc(CCOc2ccc(-c3cnc(C)c(C(OC(C)(C)C)C(=O)O)c3N3CCC(C)(C)CC3)nc2)cc1. The molecule has 1 aliphatic rings. The van der Waals surface area contributed by atoms with Crippen LogP contribution < -0.4 is 14.4 Å². The Hall–Kier alpha value is -3.65. The molecule has 1 saturated heterocycles. The molecule has 8 heteroatoms. The number of carboxylic acids is 1. The van der Waals surface area contributed by atoms with Gasteiger partial charge in [0.1, 0.15) is 11.5 Å². The summed E-state index contributed by atoms with van der Waals surface area (Å²) in [6, 6.07) is 11.9. The maximum atomic E-state index is 12.6. The lowest BCUT2D eigenvalue weighted by molar-refractivity contribution is -0.160. The zero-order chi connectivity index (χ0) is 30.5. The second-order valence-corrected chi connectivity index (χ2v) is 12.7. The van der Waals surface area contributed by atoms with E-state index in [1.807, 2.05) is 58.9 Å². The number of aryl methyl sites for hydroxylation is 1. The highest BCUT2D eigenvalue weighted by atomic mass is 16.5. The Bertz CT molecular complexity index is 1340. The van der Waals surface area contributed by atoms with Crippen LogP contribution in [0.3, 0.4) is 0 Å². The molecule has 0 saturated carbocycles. The summed E-state index contributed by atoms with van der Waals surface area (Å²) >= 11 is 0. The van der Waals surface area contributed by atoms with Crippen LogP contribution in [0, 0.1) is 12.3 Å². The van der Waals surface area contributed by atoms with Crippen molar-refractivity contribution < 1.29 is 24.1 Å². The number of pyridine rings is 2. The fourth-order valence-electron chi connectivity index (χ4n) is 5.20. The molecule has 3 aromatic rings. The molecule has 1 atom stereocenters. The minimum absolute atomic E-state index is 0.232. The van der Waals surface area contributed by atoms with Gasteiger partial charge in [-0.25, -0.2) is 4.79 Å². The fourth-order valence-corrected chi connectivity index (χ4v) is 5.20. The number of hydrogen-bond acceptors (Lipinski definition) is 7. The van der Waals surface area contributed by atoms with Gasteiger partial charge >= 0.3 is 5.97 Å². The molecule has 0 amide bonds. The molecule has 0 spiro atoms. The molecule has 226 valence electrons. The summed E-state index contributed by atoms with van der Waals surface area (Å²) in [7, 11) is 0. The van der Waals surface area contributed by atoms with Crippen LogP contribution in [0.1, 0.15) is 77.3 Å². The van der Waals surface area contributed by atoms with Crippen molar-refractivity contribution in [3.05, 3.63) is 65.6 Å². The first-order chi connectivity index (χ1) is 19.9. The van der Waals surface area contributed by atoms with Crippen molar-refractivity contribution in [3.8, 4) is 22.8 Å². The van der Waals surface area contributed by atoms with Crippen LogP contribution in [0.25, 0.3) is 11.3 Å². The van der Waals surface area contributed by atoms with E-state index in [1.165, 1.54) is 5.56 Å². The van der Waals surface area contributed by atoms with Gasteiger partial charge in [-0.1, -0.05) is 26.0 Å². The fraction of sp³-hybridized carbons (Fsp3) is 0.500. The van der Waals surface area contributed by atoms with Crippen LogP contribution in [0.2, 0.25) is 0 Å². The first-order valence-corrected chi connectivity index (χ1v) is 14.8. The van der Waals surface area contributed by atoms with Crippen LogP contribution in [0.4, 0.5) is 5.69 Å². The second-order valence-electron chi connectivity index (χ2n) is 12.7. The predicted octanol–water partition coefficient (Wildman–Crippen LogP) is 7.04. The number of aliphatic carboxylic acids is 1. The third-order valence-electron chi connectivity index (χ3n) is 7.58. The van der Waals surface area contributed by atoms with Crippen molar-refractivity contribution in [2.75, 3.05) is 31.2 Å². The van der Waals surface area contributed by atoms with Gasteiger partial charge in [-0.15, -0.1) is 0 Å². The van der Waals surface area contributed by atoms with Crippen molar-refractivity contribution >= 4 is 11.7 Å². The summed E-state index contributed by atoms with van der Waals surface area (Å²) < 4.78 is 17.6. The van der Waals surface area contributed by atoms with E-state index in [4.69, 9.17) is 19.2 Å². The van der Waals surface area contributed by atoms with Gasteiger partial charge in [0.15, 0.2) is 6.10 Å². The number of ether oxygens (including phenoxy) is 3. The summed E-state index contributed by atoms with van der Waals surface area (Å²) in [5.41, 5.74) is 4.32. The molecule has 4 rings (SSSR count). The van der Waals surface area contributed by atoms with E-state index >= 15 is 0 Å². The maximum absolute atomic E-state index is 12.6. The third-order valence-corrected chi connectivity index (χ3v) is 7.58. The van der Waals surface area contributed by atoms with E-state index in [0.717, 1.165) is 49.4 Å². The van der Waals surface area contributed by atoms with E-state index in [9.17, 15) is 9.90 Å². The van der Waals surface area contributed by atoms with Crippen LogP contribution in [-0.4, -0.2) is 52.9 Å². The largest absolute Gasteiger partial charge is 0.494 e. The van der Waals surface area contributed by atoms with Gasteiger partial charge < -0.3 is 24.2 Å². The molecule has 8 nitrogen and oxygen atoms in total. The number of carbonyl (C=O) groups is 1. The van der Waals surface area contributed by atoms with Crippen LogP contribution in [0.5, 0.6) is 11.5 Å². The second kappa shape index (κ2) is 13.1. The lowest BCUT2D eigenvalue weighted by Gasteiger charge is -2.40. The van der Waals surface area contributed by atoms with E-state index < -0.39 is 17.7 Å².